The molecule has 0 radical (unpaired) electrons. The predicted molar refractivity (Wildman–Crippen MR) is 89.8 cm³/mol. The number of nitrogens with one attached hydrogen (secondary N) is 1. The average Bonchev–Trinajstić information content (AvgIpc) is 3.16. The summed E-state index contributed by atoms with van der Waals surface area (Å²) in [6, 6.07) is 3.29. The van der Waals surface area contributed by atoms with E-state index in [4.69, 9.17) is 4.42 Å². The molecule has 1 aromatic rings. The van der Waals surface area contributed by atoms with Crippen molar-refractivity contribution in [2.45, 2.75) is 25.7 Å². The van der Waals surface area contributed by atoms with Crippen LogP contribution in [-0.2, 0) is 9.59 Å². The minimum Gasteiger partial charge on any atom is -0.459 e. The van der Waals surface area contributed by atoms with E-state index in [0.29, 0.717) is 38.2 Å². The summed E-state index contributed by atoms with van der Waals surface area (Å²) in [6.07, 6.45) is 4.00. The number of amides is 3. The molecule has 134 valence electrons. The standard InChI is InChI=1S/C17H22N4O4/c1-20-15(22)7-6-13(19-20)17(24)21-8-2-4-12(11-21)10-18-16(23)14-5-3-9-25-14/h3,5,9,12H,2,4,6-8,10-11H2,1H3,(H,18,23)/t12-/m1/s1. The lowest BCUT2D eigenvalue weighted by Gasteiger charge is -2.33. The molecule has 1 saturated heterocycles. The number of rotatable bonds is 4. The zero-order chi connectivity index (χ0) is 17.8. The van der Waals surface area contributed by atoms with Crippen molar-refractivity contribution < 1.29 is 18.8 Å². The molecule has 8 nitrogen and oxygen atoms in total. The van der Waals surface area contributed by atoms with Crippen molar-refractivity contribution in [3.63, 3.8) is 0 Å². The number of hydrogen-bond donors (Lipinski definition) is 1. The second-order valence-electron chi connectivity index (χ2n) is 6.41. The van der Waals surface area contributed by atoms with E-state index in [9.17, 15) is 14.4 Å². The SMILES string of the molecule is CN1N=C(C(=O)N2CCC[C@H](CNC(=O)c3ccco3)C2)CCC1=O. The van der Waals surface area contributed by atoms with Crippen LogP contribution in [0.15, 0.2) is 27.9 Å². The molecule has 0 spiro atoms. The van der Waals surface area contributed by atoms with Gasteiger partial charge in [0.2, 0.25) is 5.91 Å². The van der Waals surface area contributed by atoms with Crippen LogP contribution in [0.5, 0.6) is 0 Å². The van der Waals surface area contributed by atoms with E-state index in [1.807, 2.05) is 0 Å². The Labute approximate surface area is 145 Å². The van der Waals surface area contributed by atoms with Gasteiger partial charge >= 0.3 is 0 Å². The van der Waals surface area contributed by atoms with Gasteiger partial charge in [0.1, 0.15) is 5.71 Å². The van der Waals surface area contributed by atoms with Gasteiger partial charge in [-0.2, -0.15) is 5.10 Å². The Hall–Kier alpha value is -2.64. The first kappa shape index (κ1) is 17.2. The Kier molecular flexibility index (Phi) is 5.16. The van der Waals surface area contributed by atoms with Crippen LogP contribution in [0, 0.1) is 5.92 Å². The van der Waals surface area contributed by atoms with E-state index < -0.39 is 0 Å². The highest BCUT2D eigenvalue weighted by molar-refractivity contribution is 6.39. The zero-order valence-corrected chi connectivity index (χ0v) is 14.2. The van der Waals surface area contributed by atoms with Gasteiger partial charge in [0.25, 0.3) is 11.8 Å². The lowest BCUT2D eigenvalue weighted by molar-refractivity contribution is -0.131. The summed E-state index contributed by atoms with van der Waals surface area (Å²) in [7, 11) is 1.57. The van der Waals surface area contributed by atoms with Gasteiger partial charge in [-0.3, -0.25) is 14.4 Å². The fourth-order valence-electron chi connectivity index (χ4n) is 3.15. The molecule has 1 N–H and O–H groups in total. The number of hydrogen-bond acceptors (Lipinski definition) is 5. The molecule has 25 heavy (non-hydrogen) atoms. The minimum atomic E-state index is -0.245. The largest absolute Gasteiger partial charge is 0.459 e. The van der Waals surface area contributed by atoms with Crippen LogP contribution in [0.3, 0.4) is 0 Å². The summed E-state index contributed by atoms with van der Waals surface area (Å²) in [5.74, 6) is 0.0496. The summed E-state index contributed by atoms with van der Waals surface area (Å²) < 4.78 is 5.07. The van der Waals surface area contributed by atoms with E-state index in [2.05, 4.69) is 10.4 Å². The molecule has 2 aliphatic heterocycles. The highest BCUT2D eigenvalue weighted by Crippen LogP contribution is 2.18. The Morgan fingerprint density at radius 2 is 2.24 bits per heavy atom. The van der Waals surface area contributed by atoms with Crippen LogP contribution in [0.25, 0.3) is 0 Å². The first-order valence-electron chi connectivity index (χ1n) is 8.49. The third-order valence-corrected chi connectivity index (χ3v) is 4.56. The Bertz CT molecular complexity index is 683. The smallest absolute Gasteiger partial charge is 0.286 e. The van der Waals surface area contributed by atoms with Crippen molar-refractivity contribution in [2.75, 3.05) is 26.7 Å². The highest BCUT2D eigenvalue weighted by Gasteiger charge is 2.29. The summed E-state index contributed by atoms with van der Waals surface area (Å²) in [5, 5.41) is 8.19. The zero-order valence-electron chi connectivity index (χ0n) is 14.2. The number of carbonyl (C=O) groups excluding carboxylic acids is 3. The van der Waals surface area contributed by atoms with Gasteiger partial charge in [-0.25, -0.2) is 5.01 Å². The minimum absolute atomic E-state index is 0.0753. The van der Waals surface area contributed by atoms with Crippen LogP contribution < -0.4 is 5.32 Å². The number of hydrazone groups is 1. The van der Waals surface area contributed by atoms with Gasteiger partial charge < -0.3 is 14.6 Å². The predicted octanol–water partition coefficient (Wildman–Crippen LogP) is 0.856. The topological polar surface area (TPSA) is 95.2 Å². The third kappa shape index (κ3) is 4.07. The molecule has 1 atom stereocenters. The molecule has 3 rings (SSSR count). The molecule has 3 amide bonds. The fourth-order valence-corrected chi connectivity index (χ4v) is 3.15. The summed E-state index contributed by atoms with van der Waals surface area (Å²) in [5.41, 5.74) is 0.433. The monoisotopic (exact) mass is 346 g/mol. The molecule has 0 unspecified atom stereocenters. The van der Waals surface area contributed by atoms with Crippen LogP contribution >= 0.6 is 0 Å². The quantitative estimate of drug-likeness (QED) is 0.874. The third-order valence-electron chi connectivity index (χ3n) is 4.56. The lowest BCUT2D eigenvalue weighted by atomic mass is 9.97. The van der Waals surface area contributed by atoms with Gasteiger partial charge in [0, 0.05) is 39.5 Å². The van der Waals surface area contributed by atoms with Crippen LogP contribution in [0.4, 0.5) is 0 Å². The second kappa shape index (κ2) is 7.50. The lowest BCUT2D eigenvalue weighted by Crippen LogP contribution is -2.47. The summed E-state index contributed by atoms with van der Waals surface area (Å²) in [6.45, 7) is 1.75. The summed E-state index contributed by atoms with van der Waals surface area (Å²) >= 11 is 0. The fraction of sp³-hybridized carbons (Fsp3) is 0.529. The molecular weight excluding hydrogens is 324 g/mol. The number of carbonyl (C=O) groups is 3. The van der Waals surface area contributed by atoms with Crippen LogP contribution in [0.2, 0.25) is 0 Å². The molecule has 0 bridgehead atoms. The second-order valence-corrected chi connectivity index (χ2v) is 6.41. The maximum atomic E-state index is 12.6. The van der Waals surface area contributed by atoms with Crippen molar-refractivity contribution in [1.29, 1.82) is 0 Å². The maximum Gasteiger partial charge on any atom is 0.286 e. The molecule has 1 aromatic heterocycles. The number of likely N-dealkylation sites (tertiary alicyclic amines) is 1. The van der Waals surface area contributed by atoms with E-state index in [1.165, 1.54) is 11.3 Å². The van der Waals surface area contributed by atoms with Gasteiger partial charge in [0.15, 0.2) is 5.76 Å². The van der Waals surface area contributed by atoms with Crippen molar-refractivity contribution >= 4 is 23.4 Å². The molecular formula is C17H22N4O4. The van der Waals surface area contributed by atoms with E-state index >= 15 is 0 Å². The van der Waals surface area contributed by atoms with Crippen LogP contribution in [0.1, 0.15) is 36.2 Å². The first-order valence-corrected chi connectivity index (χ1v) is 8.49. The molecule has 8 heteroatoms. The van der Waals surface area contributed by atoms with Crippen molar-refractivity contribution in [2.24, 2.45) is 11.0 Å². The van der Waals surface area contributed by atoms with E-state index in [-0.39, 0.29) is 29.4 Å². The summed E-state index contributed by atoms with van der Waals surface area (Å²) in [4.78, 5) is 37.8. The molecule has 3 heterocycles. The normalized spacial score (nSPS) is 21.1. The van der Waals surface area contributed by atoms with Gasteiger partial charge in [-0.05, 0) is 30.9 Å². The van der Waals surface area contributed by atoms with Gasteiger partial charge in [-0.1, -0.05) is 0 Å². The van der Waals surface area contributed by atoms with Crippen LogP contribution in [-0.4, -0.2) is 60.0 Å². The van der Waals surface area contributed by atoms with Crippen molar-refractivity contribution in [3.8, 4) is 0 Å². The van der Waals surface area contributed by atoms with Crippen molar-refractivity contribution in [3.05, 3.63) is 24.2 Å². The number of piperidine rings is 1. The molecule has 2 aliphatic rings. The number of nitrogens with zero attached hydrogens (tertiary/aromatic N) is 3. The Balaban J connectivity index is 1.54. The molecule has 0 saturated carbocycles. The Morgan fingerprint density at radius 1 is 1.40 bits per heavy atom. The first-order chi connectivity index (χ1) is 12.0. The van der Waals surface area contributed by atoms with Crippen molar-refractivity contribution in [1.82, 2.24) is 15.2 Å². The average molecular weight is 346 g/mol. The maximum absolute atomic E-state index is 12.6. The van der Waals surface area contributed by atoms with E-state index in [1.54, 1.807) is 24.1 Å². The van der Waals surface area contributed by atoms with Gasteiger partial charge in [-0.15, -0.1) is 0 Å². The van der Waals surface area contributed by atoms with Gasteiger partial charge in [0.05, 0.1) is 6.26 Å². The van der Waals surface area contributed by atoms with E-state index in [0.717, 1.165) is 12.8 Å². The number of furan rings is 1. The molecule has 0 aromatic carbocycles. The highest BCUT2D eigenvalue weighted by atomic mass is 16.3. The molecule has 0 aliphatic carbocycles. The molecule has 1 fully saturated rings. The Morgan fingerprint density at radius 3 is 2.96 bits per heavy atom.